The Hall–Kier alpha value is -3.42. The van der Waals surface area contributed by atoms with Crippen LogP contribution in [0, 0.1) is 16.0 Å². The summed E-state index contributed by atoms with van der Waals surface area (Å²) in [7, 11) is 0. The van der Waals surface area contributed by atoms with Crippen LogP contribution >= 0.6 is 0 Å². The van der Waals surface area contributed by atoms with Crippen LogP contribution < -0.4 is 10.2 Å². The molecule has 1 heterocycles. The Morgan fingerprint density at radius 1 is 1.14 bits per heavy atom. The second-order valence-corrected chi connectivity index (χ2v) is 7.12. The number of rotatable bonds is 6. The van der Waals surface area contributed by atoms with Gasteiger partial charge in [0.1, 0.15) is 5.56 Å². The number of nitrogens with one attached hydrogen (secondary N) is 1. The van der Waals surface area contributed by atoms with Gasteiger partial charge in [0.25, 0.3) is 11.6 Å². The molecule has 8 heteroatoms. The van der Waals surface area contributed by atoms with Crippen LogP contribution in [0.3, 0.4) is 0 Å². The minimum Gasteiger partial charge on any atom is -0.452 e. The van der Waals surface area contributed by atoms with E-state index < -0.39 is 23.4 Å². The third-order valence-electron chi connectivity index (χ3n) is 4.95. The lowest BCUT2D eigenvalue weighted by atomic mass is 9.99. The van der Waals surface area contributed by atoms with Crippen molar-refractivity contribution in [2.24, 2.45) is 5.92 Å². The van der Waals surface area contributed by atoms with Crippen LogP contribution in [0.5, 0.6) is 0 Å². The zero-order chi connectivity index (χ0) is 20.8. The number of nitrogens with zero attached hydrogens (tertiary/aromatic N) is 2. The summed E-state index contributed by atoms with van der Waals surface area (Å²) in [4.78, 5) is 36.7. The Balaban J connectivity index is 1.52. The van der Waals surface area contributed by atoms with Crippen molar-refractivity contribution in [2.45, 2.75) is 19.8 Å². The van der Waals surface area contributed by atoms with Gasteiger partial charge in [-0.15, -0.1) is 0 Å². The number of ether oxygens (including phenoxy) is 1. The molecule has 0 spiro atoms. The van der Waals surface area contributed by atoms with Crippen molar-refractivity contribution in [2.75, 3.05) is 29.9 Å². The maximum absolute atomic E-state index is 12.1. The summed E-state index contributed by atoms with van der Waals surface area (Å²) in [5, 5.41) is 13.6. The van der Waals surface area contributed by atoms with Gasteiger partial charge in [0, 0.05) is 30.5 Å². The molecule has 0 atom stereocenters. The van der Waals surface area contributed by atoms with E-state index in [4.69, 9.17) is 4.74 Å². The second kappa shape index (κ2) is 9.18. The van der Waals surface area contributed by atoms with Gasteiger partial charge in [0.2, 0.25) is 0 Å². The Bertz CT molecular complexity index is 889. The summed E-state index contributed by atoms with van der Waals surface area (Å²) in [5.74, 6) is -0.677. The van der Waals surface area contributed by atoms with E-state index in [2.05, 4.69) is 17.1 Å². The average molecular weight is 397 g/mol. The highest BCUT2D eigenvalue weighted by Gasteiger charge is 2.21. The molecule has 0 aromatic heterocycles. The zero-order valence-corrected chi connectivity index (χ0v) is 16.2. The van der Waals surface area contributed by atoms with Gasteiger partial charge < -0.3 is 15.0 Å². The lowest BCUT2D eigenvalue weighted by molar-refractivity contribution is -0.385. The molecule has 1 saturated heterocycles. The molecule has 152 valence electrons. The molecule has 0 saturated carbocycles. The van der Waals surface area contributed by atoms with E-state index in [9.17, 15) is 19.7 Å². The first-order chi connectivity index (χ1) is 13.9. The van der Waals surface area contributed by atoms with Crippen molar-refractivity contribution in [3.8, 4) is 0 Å². The Kier molecular flexibility index (Phi) is 6.43. The molecule has 0 unspecified atom stereocenters. The van der Waals surface area contributed by atoms with Crippen LogP contribution in [0.4, 0.5) is 17.1 Å². The minimum atomic E-state index is -0.915. The summed E-state index contributed by atoms with van der Waals surface area (Å²) in [6, 6.07) is 12.9. The van der Waals surface area contributed by atoms with E-state index in [0.717, 1.165) is 24.7 Å². The molecule has 2 aromatic carbocycles. The van der Waals surface area contributed by atoms with E-state index in [-0.39, 0.29) is 11.3 Å². The predicted octanol–water partition coefficient (Wildman–Crippen LogP) is 3.63. The number of piperidine rings is 1. The summed E-state index contributed by atoms with van der Waals surface area (Å²) >= 11 is 0. The van der Waals surface area contributed by atoms with Crippen molar-refractivity contribution in [1.29, 1.82) is 0 Å². The van der Waals surface area contributed by atoms with Gasteiger partial charge in [-0.25, -0.2) is 4.79 Å². The van der Waals surface area contributed by atoms with Gasteiger partial charge in [0.15, 0.2) is 6.61 Å². The summed E-state index contributed by atoms with van der Waals surface area (Å²) < 4.78 is 4.92. The molecule has 0 radical (unpaired) electrons. The van der Waals surface area contributed by atoms with Crippen LogP contribution in [0.2, 0.25) is 0 Å². The third kappa shape index (κ3) is 5.31. The normalized spacial score (nSPS) is 14.3. The number of hydrogen-bond acceptors (Lipinski definition) is 6. The maximum Gasteiger partial charge on any atom is 0.345 e. The van der Waals surface area contributed by atoms with Gasteiger partial charge in [-0.1, -0.05) is 19.1 Å². The standard InChI is InChI=1S/C21H23N3O5/c1-15-10-12-23(13-11-15)17-8-6-16(7-9-17)22-20(25)14-29-21(26)18-4-2-3-5-19(18)24(27)28/h2-9,15H,10-14H2,1H3,(H,22,25). The van der Waals surface area contributed by atoms with Crippen molar-refractivity contribution in [1.82, 2.24) is 0 Å². The highest BCUT2D eigenvalue weighted by molar-refractivity contribution is 5.97. The number of nitro groups is 1. The predicted molar refractivity (Wildman–Crippen MR) is 109 cm³/mol. The van der Waals surface area contributed by atoms with E-state index in [1.54, 1.807) is 12.1 Å². The van der Waals surface area contributed by atoms with E-state index in [1.807, 2.05) is 12.1 Å². The van der Waals surface area contributed by atoms with Crippen LogP contribution in [0.1, 0.15) is 30.1 Å². The fourth-order valence-electron chi connectivity index (χ4n) is 3.23. The number of carbonyl (C=O) groups is 2. The molecule has 1 N–H and O–H groups in total. The molecular weight excluding hydrogens is 374 g/mol. The number of amides is 1. The molecule has 1 aliphatic rings. The first kappa shape index (κ1) is 20.3. The van der Waals surface area contributed by atoms with Gasteiger partial charge in [0.05, 0.1) is 4.92 Å². The molecule has 8 nitrogen and oxygen atoms in total. The molecule has 1 amide bonds. The lowest BCUT2D eigenvalue weighted by Crippen LogP contribution is -2.32. The highest BCUT2D eigenvalue weighted by atomic mass is 16.6. The third-order valence-corrected chi connectivity index (χ3v) is 4.95. The topological polar surface area (TPSA) is 102 Å². The van der Waals surface area contributed by atoms with Crippen LogP contribution in [-0.4, -0.2) is 36.5 Å². The van der Waals surface area contributed by atoms with Crippen LogP contribution in [-0.2, 0) is 9.53 Å². The average Bonchev–Trinajstić information content (AvgIpc) is 2.73. The van der Waals surface area contributed by atoms with Crippen molar-refractivity contribution in [3.05, 3.63) is 64.2 Å². The Labute approximate surface area is 168 Å². The number of carbonyl (C=O) groups excluding carboxylic acids is 2. The van der Waals surface area contributed by atoms with Gasteiger partial charge >= 0.3 is 5.97 Å². The number of benzene rings is 2. The molecule has 2 aromatic rings. The quantitative estimate of drug-likeness (QED) is 0.454. The number of para-hydroxylation sites is 1. The fourth-order valence-corrected chi connectivity index (χ4v) is 3.23. The van der Waals surface area contributed by atoms with Crippen LogP contribution in [0.15, 0.2) is 48.5 Å². The van der Waals surface area contributed by atoms with Gasteiger partial charge in [-0.2, -0.15) is 0 Å². The van der Waals surface area contributed by atoms with Crippen molar-refractivity contribution in [3.63, 3.8) is 0 Å². The van der Waals surface area contributed by atoms with Gasteiger partial charge in [-0.05, 0) is 49.1 Å². The second-order valence-electron chi connectivity index (χ2n) is 7.12. The number of hydrogen-bond donors (Lipinski definition) is 1. The largest absolute Gasteiger partial charge is 0.452 e. The minimum absolute atomic E-state index is 0.189. The fraction of sp³-hybridized carbons (Fsp3) is 0.333. The molecule has 1 aliphatic heterocycles. The van der Waals surface area contributed by atoms with E-state index >= 15 is 0 Å². The number of esters is 1. The molecule has 1 fully saturated rings. The SMILES string of the molecule is CC1CCN(c2ccc(NC(=O)COC(=O)c3ccccc3[N+](=O)[O-])cc2)CC1. The first-order valence-corrected chi connectivity index (χ1v) is 9.49. The Morgan fingerprint density at radius 3 is 2.45 bits per heavy atom. The van der Waals surface area contributed by atoms with Crippen molar-refractivity contribution < 1.29 is 19.2 Å². The first-order valence-electron chi connectivity index (χ1n) is 9.49. The van der Waals surface area contributed by atoms with Crippen LogP contribution in [0.25, 0.3) is 0 Å². The van der Waals surface area contributed by atoms with Crippen molar-refractivity contribution >= 4 is 28.9 Å². The maximum atomic E-state index is 12.1. The Morgan fingerprint density at radius 2 is 1.79 bits per heavy atom. The summed E-state index contributed by atoms with van der Waals surface area (Å²) in [6.07, 6.45) is 2.34. The molecule has 0 aliphatic carbocycles. The molecule has 3 rings (SSSR count). The highest BCUT2D eigenvalue weighted by Crippen LogP contribution is 2.24. The summed E-state index contributed by atoms with van der Waals surface area (Å²) in [6.45, 7) is 3.78. The van der Waals surface area contributed by atoms with Gasteiger partial charge in [-0.3, -0.25) is 14.9 Å². The lowest BCUT2D eigenvalue weighted by Gasteiger charge is -2.32. The number of anilines is 2. The smallest absolute Gasteiger partial charge is 0.345 e. The molecular formula is C21H23N3O5. The van der Waals surface area contributed by atoms with E-state index in [0.29, 0.717) is 5.69 Å². The summed E-state index contributed by atoms with van der Waals surface area (Å²) in [5.41, 5.74) is 1.15. The molecule has 0 bridgehead atoms. The van der Waals surface area contributed by atoms with E-state index in [1.165, 1.54) is 37.1 Å². The molecule has 29 heavy (non-hydrogen) atoms. The zero-order valence-electron chi connectivity index (χ0n) is 16.2. The monoisotopic (exact) mass is 397 g/mol. The number of nitro benzene ring substituents is 1.